The zero-order valence-corrected chi connectivity index (χ0v) is 7.69. The first kappa shape index (κ1) is 7.62. The molecule has 0 saturated carbocycles. The van der Waals surface area contributed by atoms with Crippen molar-refractivity contribution in [3.63, 3.8) is 0 Å². The van der Waals surface area contributed by atoms with Crippen LogP contribution >= 0.6 is 11.3 Å². The van der Waals surface area contributed by atoms with E-state index in [0.29, 0.717) is 5.75 Å². The van der Waals surface area contributed by atoms with Crippen LogP contribution in [0.15, 0.2) is 24.3 Å². The van der Waals surface area contributed by atoms with Gasteiger partial charge in [0.1, 0.15) is 5.75 Å². The fourth-order valence-electron chi connectivity index (χ4n) is 1.26. The van der Waals surface area contributed by atoms with Crippen LogP contribution in [0.25, 0.3) is 10.1 Å². The highest BCUT2D eigenvalue weighted by atomic mass is 32.1. The molecule has 1 N–H and O–H groups in total. The summed E-state index contributed by atoms with van der Waals surface area (Å²) in [4.78, 5) is 1.37. The lowest BCUT2D eigenvalue weighted by molar-refractivity contribution is 0.476. The lowest BCUT2D eigenvalue weighted by Crippen LogP contribution is -1.65. The average molecular weight is 178 g/mol. The Morgan fingerprint density at radius 2 is 2.17 bits per heavy atom. The van der Waals surface area contributed by atoms with Crippen LogP contribution in [0.2, 0.25) is 0 Å². The third-order valence-corrected chi connectivity index (χ3v) is 3.16. The maximum Gasteiger partial charge on any atom is 0.116 e. The Kier molecular flexibility index (Phi) is 1.77. The molecule has 2 rings (SSSR count). The summed E-state index contributed by atoms with van der Waals surface area (Å²) in [5.74, 6) is 0.350. The minimum atomic E-state index is 0.350. The van der Waals surface area contributed by atoms with E-state index in [4.69, 9.17) is 0 Å². The Morgan fingerprint density at radius 1 is 1.33 bits per heavy atom. The molecule has 2 aromatic rings. The highest BCUT2D eigenvalue weighted by Gasteiger charge is 1.99. The van der Waals surface area contributed by atoms with E-state index in [2.05, 4.69) is 13.0 Å². The fraction of sp³-hybridized carbons (Fsp3) is 0.200. The third kappa shape index (κ3) is 1.18. The number of phenols is 1. The lowest BCUT2D eigenvalue weighted by Gasteiger charge is -1.89. The average Bonchev–Trinajstić information content (AvgIpc) is 2.46. The Labute approximate surface area is 75.3 Å². The number of phenolic OH excluding ortho intramolecular Hbond substituents is 1. The predicted molar refractivity (Wildman–Crippen MR) is 52.9 cm³/mol. The summed E-state index contributed by atoms with van der Waals surface area (Å²) in [6.45, 7) is 2.14. The Hall–Kier alpha value is -1.02. The lowest BCUT2D eigenvalue weighted by atomic mass is 10.2. The van der Waals surface area contributed by atoms with E-state index < -0.39 is 0 Å². The molecule has 0 unspecified atom stereocenters. The molecule has 0 atom stereocenters. The second-order valence-electron chi connectivity index (χ2n) is 2.79. The van der Waals surface area contributed by atoms with Gasteiger partial charge in [0, 0.05) is 9.58 Å². The van der Waals surface area contributed by atoms with Crippen molar-refractivity contribution < 1.29 is 5.11 Å². The van der Waals surface area contributed by atoms with Crippen molar-refractivity contribution in [2.45, 2.75) is 13.3 Å². The van der Waals surface area contributed by atoms with Crippen LogP contribution in [0.5, 0.6) is 5.75 Å². The molecular weight excluding hydrogens is 168 g/mol. The van der Waals surface area contributed by atoms with Gasteiger partial charge in [0.2, 0.25) is 0 Å². The molecule has 62 valence electrons. The Balaban J connectivity index is 2.67. The zero-order chi connectivity index (χ0) is 8.55. The summed E-state index contributed by atoms with van der Waals surface area (Å²) >= 11 is 1.79. The summed E-state index contributed by atoms with van der Waals surface area (Å²) < 4.78 is 1.25. The molecular formula is C10H10OS. The molecule has 0 aliphatic rings. The van der Waals surface area contributed by atoms with Gasteiger partial charge in [-0.15, -0.1) is 11.3 Å². The standard InChI is InChI=1S/C10H10OS/c1-2-9-6-7-5-8(11)3-4-10(7)12-9/h3-6,11H,2H2,1H3. The van der Waals surface area contributed by atoms with Crippen molar-refractivity contribution in [1.29, 1.82) is 0 Å². The van der Waals surface area contributed by atoms with Crippen molar-refractivity contribution in [1.82, 2.24) is 0 Å². The maximum absolute atomic E-state index is 9.22. The second kappa shape index (κ2) is 2.79. The predicted octanol–water partition coefficient (Wildman–Crippen LogP) is 3.17. The molecule has 0 aliphatic heterocycles. The van der Waals surface area contributed by atoms with Gasteiger partial charge >= 0.3 is 0 Å². The molecule has 0 amide bonds. The van der Waals surface area contributed by atoms with Crippen molar-refractivity contribution in [3.05, 3.63) is 29.1 Å². The van der Waals surface area contributed by atoms with E-state index in [1.165, 1.54) is 9.58 Å². The van der Waals surface area contributed by atoms with Gasteiger partial charge in [0.15, 0.2) is 0 Å². The van der Waals surface area contributed by atoms with Crippen LogP contribution in [0, 0.1) is 0 Å². The summed E-state index contributed by atoms with van der Waals surface area (Å²) in [7, 11) is 0. The van der Waals surface area contributed by atoms with Gasteiger partial charge in [-0.2, -0.15) is 0 Å². The van der Waals surface area contributed by atoms with Crippen molar-refractivity contribution in [2.75, 3.05) is 0 Å². The number of aromatic hydroxyl groups is 1. The van der Waals surface area contributed by atoms with E-state index in [0.717, 1.165) is 11.8 Å². The van der Waals surface area contributed by atoms with Gasteiger partial charge in [-0.25, -0.2) is 0 Å². The molecule has 1 aromatic heterocycles. The molecule has 0 fully saturated rings. The van der Waals surface area contributed by atoms with Crippen LogP contribution in [-0.2, 0) is 6.42 Å². The summed E-state index contributed by atoms with van der Waals surface area (Å²) in [6.07, 6.45) is 1.07. The summed E-state index contributed by atoms with van der Waals surface area (Å²) in [6, 6.07) is 7.65. The van der Waals surface area contributed by atoms with Gasteiger partial charge in [0.05, 0.1) is 0 Å². The van der Waals surface area contributed by atoms with E-state index in [-0.39, 0.29) is 0 Å². The number of benzene rings is 1. The molecule has 0 radical (unpaired) electrons. The number of aryl methyl sites for hydroxylation is 1. The van der Waals surface area contributed by atoms with Crippen molar-refractivity contribution in [2.24, 2.45) is 0 Å². The molecule has 12 heavy (non-hydrogen) atoms. The highest BCUT2D eigenvalue weighted by molar-refractivity contribution is 7.19. The molecule has 1 aromatic carbocycles. The SMILES string of the molecule is CCc1cc2cc(O)ccc2s1. The Bertz CT molecular complexity index is 403. The summed E-state index contributed by atoms with van der Waals surface area (Å²) in [5.41, 5.74) is 0. The van der Waals surface area contributed by atoms with Gasteiger partial charge in [0.25, 0.3) is 0 Å². The minimum absolute atomic E-state index is 0.350. The zero-order valence-electron chi connectivity index (χ0n) is 6.87. The van der Waals surface area contributed by atoms with Crippen LogP contribution in [0.4, 0.5) is 0 Å². The van der Waals surface area contributed by atoms with Crippen molar-refractivity contribution in [3.8, 4) is 5.75 Å². The monoisotopic (exact) mass is 178 g/mol. The first-order valence-corrected chi connectivity index (χ1v) is 4.82. The largest absolute Gasteiger partial charge is 0.508 e. The van der Waals surface area contributed by atoms with Gasteiger partial charge in [-0.1, -0.05) is 6.92 Å². The van der Waals surface area contributed by atoms with Crippen LogP contribution < -0.4 is 0 Å². The second-order valence-corrected chi connectivity index (χ2v) is 3.96. The highest BCUT2D eigenvalue weighted by Crippen LogP contribution is 2.28. The topological polar surface area (TPSA) is 20.2 Å². The number of thiophene rings is 1. The van der Waals surface area contributed by atoms with E-state index in [1.807, 2.05) is 12.1 Å². The number of hydrogen-bond donors (Lipinski definition) is 1. The number of fused-ring (bicyclic) bond motifs is 1. The third-order valence-electron chi connectivity index (χ3n) is 1.90. The van der Waals surface area contributed by atoms with Crippen molar-refractivity contribution >= 4 is 21.4 Å². The molecule has 1 nitrogen and oxygen atoms in total. The summed E-state index contributed by atoms with van der Waals surface area (Å²) in [5, 5.41) is 10.4. The first-order chi connectivity index (χ1) is 5.79. The molecule has 2 heteroatoms. The molecule has 0 saturated heterocycles. The molecule has 0 aliphatic carbocycles. The normalized spacial score (nSPS) is 10.8. The van der Waals surface area contributed by atoms with E-state index in [9.17, 15) is 5.11 Å². The molecule has 0 bridgehead atoms. The Morgan fingerprint density at radius 3 is 2.92 bits per heavy atom. The number of hydrogen-bond acceptors (Lipinski definition) is 2. The van der Waals surface area contributed by atoms with E-state index in [1.54, 1.807) is 17.4 Å². The van der Waals surface area contributed by atoms with E-state index >= 15 is 0 Å². The smallest absolute Gasteiger partial charge is 0.116 e. The van der Waals surface area contributed by atoms with Gasteiger partial charge < -0.3 is 5.11 Å². The van der Waals surface area contributed by atoms with Gasteiger partial charge in [-0.05, 0) is 36.1 Å². The number of rotatable bonds is 1. The molecule has 0 spiro atoms. The minimum Gasteiger partial charge on any atom is -0.508 e. The molecule has 1 heterocycles. The van der Waals surface area contributed by atoms with Crippen LogP contribution in [0.1, 0.15) is 11.8 Å². The quantitative estimate of drug-likeness (QED) is 0.711. The fourth-order valence-corrected chi connectivity index (χ4v) is 2.24. The van der Waals surface area contributed by atoms with Crippen LogP contribution in [0.3, 0.4) is 0 Å². The van der Waals surface area contributed by atoms with Crippen LogP contribution in [-0.4, -0.2) is 5.11 Å². The van der Waals surface area contributed by atoms with Gasteiger partial charge in [-0.3, -0.25) is 0 Å². The maximum atomic E-state index is 9.22. The first-order valence-electron chi connectivity index (χ1n) is 4.01.